The van der Waals surface area contributed by atoms with Crippen molar-refractivity contribution in [2.75, 3.05) is 26.2 Å². The predicted octanol–water partition coefficient (Wildman–Crippen LogP) is 2.45. The van der Waals surface area contributed by atoms with Crippen LogP contribution in [0.1, 0.15) is 41.5 Å². The molecular formula is C13H28N2. The molecule has 0 saturated carbocycles. The molecule has 1 rings (SSSR count). The largest absolute Gasteiger partial charge is 0.299 e. The second kappa shape index (κ2) is 4.84. The fourth-order valence-corrected chi connectivity index (χ4v) is 2.34. The van der Waals surface area contributed by atoms with Crippen LogP contribution in [0.4, 0.5) is 0 Å². The lowest BCUT2D eigenvalue weighted by atomic mass is 10.0. The first-order valence-corrected chi connectivity index (χ1v) is 6.30. The van der Waals surface area contributed by atoms with Crippen LogP contribution < -0.4 is 0 Å². The molecule has 0 aromatic carbocycles. The van der Waals surface area contributed by atoms with E-state index < -0.39 is 0 Å². The SMILES string of the molecule is CC1CN(C(C)C)CCN(C(C)(C)C)C1. The molecular weight excluding hydrogens is 184 g/mol. The second-order valence-electron chi connectivity index (χ2n) is 6.31. The fraction of sp³-hybridized carbons (Fsp3) is 1.00. The van der Waals surface area contributed by atoms with Gasteiger partial charge in [-0.1, -0.05) is 6.92 Å². The van der Waals surface area contributed by atoms with Gasteiger partial charge in [0.25, 0.3) is 0 Å². The molecule has 1 atom stereocenters. The van der Waals surface area contributed by atoms with Crippen molar-refractivity contribution in [3.05, 3.63) is 0 Å². The first-order chi connectivity index (χ1) is 6.80. The van der Waals surface area contributed by atoms with E-state index in [1.165, 1.54) is 26.2 Å². The Labute approximate surface area is 95.6 Å². The maximum Gasteiger partial charge on any atom is 0.0125 e. The maximum atomic E-state index is 2.63. The zero-order valence-corrected chi connectivity index (χ0v) is 11.4. The van der Waals surface area contributed by atoms with Gasteiger partial charge < -0.3 is 0 Å². The van der Waals surface area contributed by atoms with Crippen molar-refractivity contribution in [2.24, 2.45) is 5.92 Å². The van der Waals surface area contributed by atoms with Crippen LogP contribution in [0.15, 0.2) is 0 Å². The molecule has 0 aromatic rings. The number of rotatable bonds is 1. The van der Waals surface area contributed by atoms with Crippen LogP contribution in [0.25, 0.3) is 0 Å². The van der Waals surface area contributed by atoms with Crippen molar-refractivity contribution in [2.45, 2.75) is 53.1 Å². The number of hydrogen-bond donors (Lipinski definition) is 0. The summed E-state index contributed by atoms with van der Waals surface area (Å²) >= 11 is 0. The summed E-state index contributed by atoms with van der Waals surface area (Å²) in [5.74, 6) is 0.786. The average molecular weight is 212 g/mol. The average Bonchev–Trinajstić information content (AvgIpc) is 2.25. The van der Waals surface area contributed by atoms with Crippen molar-refractivity contribution in [3.63, 3.8) is 0 Å². The third-order valence-electron chi connectivity index (χ3n) is 3.41. The summed E-state index contributed by atoms with van der Waals surface area (Å²) in [5, 5.41) is 0. The second-order valence-corrected chi connectivity index (χ2v) is 6.31. The van der Waals surface area contributed by atoms with E-state index in [2.05, 4.69) is 51.3 Å². The molecule has 90 valence electrons. The fourth-order valence-electron chi connectivity index (χ4n) is 2.34. The van der Waals surface area contributed by atoms with Crippen LogP contribution in [0, 0.1) is 5.92 Å². The van der Waals surface area contributed by atoms with Gasteiger partial charge in [-0.3, -0.25) is 9.80 Å². The Kier molecular flexibility index (Phi) is 4.19. The normalized spacial score (nSPS) is 27.0. The van der Waals surface area contributed by atoms with Crippen molar-refractivity contribution in [1.82, 2.24) is 9.80 Å². The highest BCUT2D eigenvalue weighted by Gasteiger charge is 2.27. The lowest BCUT2D eigenvalue weighted by Gasteiger charge is -2.35. The first kappa shape index (κ1) is 13.0. The quantitative estimate of drug-likeness (QED) is 0.659. The van der Waals surface area contributed by atoms with Crippen molar-refractivity contribution in [3.8, 4) is 0 Å². The zero-order valence-electron chi connectivity index (χ0n) is 11.4. The lowest BCUT2D eigenvalue weighted by molar-refractivity contribution is 0.129. The summed E-state index contributed by atoms with van der Waals surface area (Å²) in [7, 11) is 0. The van der Waals surface area contributed by atoms with Crippen LogP contribution in [-0.2, 0) is 0 Å². The lowest BCUT2D eigenvalue weighted by Crippen LogP contribution is -2.44. The Morgan fingerprint density at radius 3 is 2.13 bits per heavy atom. The molecule has 1 aliphatic rings. The highest BCUT2D eigenvalue weighted by atomic mass is 15.3. The highest BCUT2D eigenvalue weighted by molar-refractivity contribution is 4.83. The van der Waals surface area contributed by atoms with Gasteiger partial charge >= 0.3 is 0 Å². The third-order valence-corrected chi connectivity index (χ3v) is 3.41. The molecule has 0 spiro atoms. The molecule has 0 bridgehead atoms. The summed E-state index contributed by atoms with van der Waals surface area (Å²) in [5.41, 5.74) is 0.321. The van der Waals surface area contributed by atoms with E-state index in [1.807, 2.05) is 0 Å². The zero-order chi connectivity index (χ0) is 11.6. The van der Waals surface area contributed by atoms with E-state index >= 15 is 0 Å². The number of nitrogens with zero attached hydrogens (tertiary/aromatic N) is 2. The van der Waals surface area contributed by atoms with Gasteiger partial charge in [-0.05, 0) is 40.5 Å². The van der Waals surface area contributed by atoms with E-state index in [-0.39, 0.29) is 0 Å². The van der Waals surface area contributed by atoms with Crippen LogP contribution in [0.2, 0.25) is 0 Å². The molecule has 1 aliphatic heterocycles. The molecule has 15 heavy (non-hydrogen) atoms. The van der Waals surface area contributed by atoms with E-state index in [1.54, 1.807) is 0 Å². The Bertz CT molecular complexity index is 193. The highest BCUT2D eigenvalue weighted by Crippen LogP contribution is 2.19. The standard InChI is InChI=1S/C13H28N2/c1-11(2)14-7-8-15(13(4,5)6)10-12(3)9-14/h11-12H,7-10H2,1-6H3. The van der Waals surface area contributed by atoms with Gasteiger partial charge in [-0.15, -0.1) is 0 Å². The topological polar surface area (TPSA) is 6.48 Å². The van der Waals surface area contributed by atoms with Crippen LogP contribution >= 0.6 is 0 Å². The maximum absolute atomic E-state index is 2.63. The van der Waals surface area contributed by atoms with Crippen LogP contribution in [-0.4, -0.2) is 47.6 Å². The van der Waals surface area contributed by atoms with E-state index in [4.69, 9.17) is 0 Å². The summed E-state index contributed by atoms with van der Waals surface area (Å²) in [6, 6.07) is 0.687. The summed E-state index contributed by atoms with van der Waals surface area (Å²) in [6.45, 7) is 18.9. The van der Waals surface area contributed by atoms with Crippen molar-refractivity contribution >= 4 is 0 Å². The Balaban J connectivity index is 2.62. The monoisotopic (exact) mass is 212 g/mol. The molecule has 1 saturated heterocycles. The van der Waals surface area contributed by atoms with Crippen LogP contribution in [0.5, 0.6) is 0 Å². The molecule has 1 fully saturated rings. The first-order valence-electron chi connectivity index (χ1n) is 6.30. The molecule has 0 aliphatic carbocycles. The van der Waals surface area contributed by atoms with Gasteiger partial charge in [0.2, 0.25) is 0 Å². The molecule has 0 amide bonds. The summed E-state index contributed by atoms with van der Waals surface area (Å²) in [4.78, 5) is 5.23. The summed E-state index contributed by atoms with van der Waals surface area (Å²) in [6.07, 6.45) is 0. The van der Waals surface area contributed by atoms with Gasteiger partial charge in [-0.2, -0.15) is 0 Å². The molecule has 1 unspecified atom stereocenters. The van der Waals surface area contributed by atoms with E-state index in [9.17, 15) is 0 Å². The molecule has 2 nitrogen and oxygen atoms in total. The Morgan fingerprint density at radius 1 is 1.07 bits per heavy atom. The smallest absolute Gasteiger partial charge is 0.0125 e. The van der Waals surface area contributed by atoms with Gasteiger partial charge in [0.1, 0.15) is 0 Å². The van der Waals surface area contributed by atoms with Gasteiger partial charge in [0.05, 0.1) is 0 Å². The van der Waals surface area contributed by atoms with Crippen molar-refractivity contribution in [1.29, 1.82) is 0 Å². The molecule has 0 aromatic heterocycles. The minimum Gasteiger partial charge on any atom is -0.299 e. The van der Waals surface area contributed by atoms with E-state index in [0.717, 1.165) is 5.92 Å². The molecule has 2 heteroatoms. The van der Waals surface area contributed by atoms with Gasteiger partial charge in [0, 0.05) is 37.8 Å². The summed E-state index contributed by atoms with van der Waals surface area (Å²) < 4.78 is 0. The molecule has 0 radical (unpaired) electrons. The van der Waals surface area contributed by atoms with Gasteiger partial charge in [-0.25, -0.2) is 0 Å². The minimum atomic E-state index is 0.321. The Morgan fingerprint density at radius 2 is 1.67 bits per heavy atom. The molecule has 1 heterocycles. The Hall–Kier alpha value is -0.0800. The van der Waals surface area contributed by atoms with Crippen LogP contribution in [0.3, 0.4) is 0 Å². The third kappa shape index (κ3) is 3.76. The predicted molar refractivity (Wildman–Crippen MR) is 67.2 cm³/mol. The van der Waals surface area contributed by atoms with Gasteiger partial charge in [0.15, 0.2) is 0 Å². The minimum absolute atomic E-state index is 0.321. The van der Waals surface area contributed by atoms with E-state index in [0.29, 0.717) is 11.6 Å². The molecule has 0 N–H and O–H groups in total. The number of hydrogen-bond acceptors (Lipinski definition) is 2. The van der Waals surface area contributed by atoms with Crippen molar-refractivity contribution < 1.29 is 0 Å².